The minimum Gasteiger partial charge on any atom is -0.481 e. The molecule has 5 nitrogen and oxygen atoms in total. The first-order chi connectivity index (χ1) is 6.09. The summed E-state index contributed by atoms with van der Waals surface area (Å²) in [5.41, 5.74) is 0. The van der Waals surface area contributed by atoms with E-state index in [1.54, 1.807) is 0 Å². The number of carbonyl (C=O) groups is 2. The van der Waals surface area contributed by atoms with Gasteiger partial charge in [-0.15, -0.1) is 0 Å². The molecule has 1 aliphatic rings. The summed E-state index contributed by atoms with van der Waals surface area (Å²) in [5, 5.41) is 11.3. The Morgan fingerprint density at radius 1 is 1.46 bits per heavy atom. The SMILES string of the molecule is CC(=O)N[C@@H]1COC[C@H](C(=O)O)C1. The first-order valence-electron chi connectivity index (χ1n) is 4.17. The summed E-state index contributed by atoms with van der Waals surface area (Å²) in [6.45, 7) is 2.05. The minimum absolute atomic E-state index is 0.153. The van der Waals surface area contributed by atoms with Crippen LogP contribution in [0.5, 0.6) is 0 Å². The number of carboxylic acids is 1. The lowest BCUT2D eigenvalue weighted by atomic mass is 9.99. The summed E-state index contributed by atoms with van der Waals surface area (Å²) >= 11 is 0. The predicted molar refractivity (Wildman–Crippen MR) is 44.2 cm³/mol. The molecule has 1 fully saturated rings. The highest BCUT2D eigenvalue weighted by atomic mass is 16.5. The smallest absolute Gasteiger partial charge is 0.308 e. The molecule has 1 saturated heterocycles. The van der Waals surface area contributed by atoms with Gasteiger partial charge in [-0.05, 0) is 6.42 Å². The number of hydrogen-bond acceptors (Lipinski definition) is 3. The van der Waals surface area contributed by atoms with Crippen LogP contribution in [-0.4, -0.2) is 36.2 Å². The molecule has 1 heterocycles. The highest BCUT2D eigenvalue weighted by Gasteiger charge is 2.27. The second-order valence-corrected chi connectivity index (χ2v) is 3.21. The summed E-state index contributed by atoms with van der Waals surface area (Å²) in [4.78, 5) is 21.3. The van der Waals surface area contributed by atoms with Crippen molar-refractivity contribution in [2.24, 2.45) is 5.92 Å². The summed E-state index contributed by atoms with van der Waals surface area (Å²) in [7, 11) is 0. The maximum Gasteiger partial charge on any atom is 0.308 e. The average molecular weight is 187 g/mol. The second kappa shape index (κ2) is 4.23. The van der Waals surface area contributed by atoms with Gasteiger partial charge in [-0.2, -0.15) is 0 Å². The van der Waals surface area contributed by atoms with E-state index in [1.807, 2.05) is 0 Å². The van der Waals surface area contributed by atoms with Crippen LogP contribution in [0.2, 0.25) is 0 Å². The van der Waals surface area contributed by atoms with E-state index < -0.39 is 11.9 Å². The topological polar surface area (TPSA) is 75.6 Å². The first-order valence-corrected chi connectivity index (χ1v) is 4.17. The predicted octanol–water partition coefficient (Wildman–Crippen LogP) is -0.388. The Morgan fingerprint density at radius 3 is 2.69 bits per heavy atom. The molecular formula is C8H13NO4. The zero-order valence-electron chi connectivity index (χ0n) is 7.45. The highest BCUT2D eigenvalue weighted by molar-refractivity contribution is 5.74. The largest absolute Gasteiger partial charge is 0.481 e. The van der Waals surface area contributed by atoms with E-state index in [9.17, 15) is 9.59 Å². The van der Waals surface area contributed by atoms with Crippen molar-refractivity contribution in [3.63, 3.8) is 0 Å². The fourth-order valence-corrected chi connectivity index (χ4v) is 1.39. The minimum atomic E-state index is -0.866. The van der Waals surface area contributed by atoms with Crippen LogP contribution in [0.15, 0.2) is 0 Å². The van der Waals surface area contributed by atoms with E-state index >= 15 is 0 Å². The quantitative estimate of drug-likeness (QED) is 0.617. The van der Waals surface area contributed by atoms with E-state index in [4.69, 9.17) is 9.84 Å². The molecule has 0 unspecified atom stereocenters. The van der Waals surface area contributed by atoms with Gasteiger partial charge < -0.3 is 15.2 Å². The van der Waals surface area contributed by atoms with E-state index in [-0.39, 0.29) is 18.6 Å². The van der Waals surface area contributed by atoms with Crippen LogP contribution in [0.1, 0.15) is 13.3 Å². The van der Waals surface area contributed by atoms with Gasteiger partial charge in [-0.25, -0.2) is 0 Å². The fraction of sp³-hybridized carbons (Fsp3) is 0.750. The molecule has 0 aliphatic carbocycles. The van der Waals surface area contributed by atoms with Crippen molar-refractivity contribution in [2.75, 3.05) is 13.2 Å². The highest BCUT2D eigenvalue weighted by Crippen LogP contribution is 2.14. The summed E-state index contributed by atoms with van der Waals surface area (Å²) in [6.07, 6.45) is 0.453. The lowest BCUT2D eigenvalue weighted by molar-refractivity contribution is -0.147. The molecule has 0 radical (unpaired) electrons. The molecule has 0 aromatic carbocycles. The summed E-state index contributed by atoms with van der Waals surface area (Å²) < 4.78 is 5.06. The third kappa shape index (κ3) is 3.02. The van der Waals surface area contributed by atoms with Crippen LogP contribution in [0, 0.1) is 5.92 Å². The lowest BCUT2D eigenvalue weighted by Crippen LogP contribution is -2.44. The molecule has 1 rings (SSSR count). The van der Waals surface area contributed by atoms with Crippen LogP contribution >= 0.6 is 0 Å². The van der Waals surface area contributed by atoms with Gasteiger partial charge in [0.15, 0.2) is 0 Å². The van der Waals surface area contributed by atoms with Crippen molar-refractivity contribution in [1.29, 1.82) is 0 Å². The number of aliphatic carboxylic acids is 1. The zero-order valence-corrected chi connectivity index (χ0v) is 7.45. The maximum absolute atomic E-state index is 10.7. The Hall–Kier alpha value is -1.10. The Morgan fingerprint density at radius 2 is 2.15 bits per heavy atom. The van der Waals surface area contributed by atoms with Crippen molar-refractivity contribution in [1.82, 2.24) is 5.32 Å². The third-order valence-electron chi connectivity index (χ3n) is 1.96. The van der Waals surface area contributed by atoms with E-state index in [1.165, 1.54) is 6.92 Å². The molecule has 0 saturated carbocycles. The molecule has 2 N–H and O–H groups in total. The fourth-order valence-electron chi connectivity index (χ4n) is 1.39. The van der Waals surface area contributed by atoms with Crippen molar-refractivity contribution in [3.8, 4) is 0 Å². The van der Waals surface area contributed by atoms with Gasteiger partial charge in [0.05, 0.1) is 25.2 Å². The molecule has 5 heteroatoms. The van der Waals surface area contributed by atoms with Crippen molar-refractivity contribution >= 4 is 11.9 Å². The first kappa shape index (κ1) is 9.98. The number of nitrogens with one attached hydrogen (secondary N) is 1. The lowest BCUT2D eigenvalue weighted by Gasteiger charge is -2.27. The van der Waals surface area contributed by atoms with E-state index in [0.29, 0.717) is 13.0 Å². The van der Waals surface area contributed by atoms with Gasteiger partial charge in [0, 0.05) is 6.92 Å². The van der Waals surface area contributed by atoms with Crippen LogP contribution < -0.4 is 5.32 Å². The van der Waals surface area contributed by atoms with Crippen molar-refractivity contribution < 1.29 is 19.4 Å². The van der Waals surface area contributed by atoms with Gasteiger partial charge in [0.25, 0.3) is 0 Å². The number of carbonyl (C=O) groups excluding carboxylic acids is 1. The molecule has 74 valence electrons. The third-order valence-corrected chi connectivity index (χ3v) is 1.96. The van der Waals surface area contributed by atoms with Gasteiger partial charge in [0.1, 0.15) is 0 Å². The molecule has 0 aromatic rings. The number of rotatable bonds is 2. The van der Waals surface area contributed by atoms with Crippen LogP contribution in [-0.2, 0) is 14.3 Å². The number of amides is 1. The molecule has 2 atom stereocenters. The molecule has 1 aliphatic heterocycles. The van der Waals surface area contributed by atoms with Gasteiger partial charge in [-0.1, -0.05) is 0 Å². The number of hydrogen-bond donors (Lipinski definition) is 2. The Kier molecular flexibility index (Phi) is 3.25. The average Bonchev–Trinajstić information content (AvgIpc) is 2.03. The summed E-state index contributed by atoms with van der Waals surface area (Å²) in [5.74, 6) is -1.51. The van der Waals surface area contributed by atoms with Gasteiger partial charge in [-0.3, -0.25) is 9.59 Å². The molecular weight excluding hydrogens is 174 g/mol. The normalized spacial score (nSPS) is 28.1. The summed E-state index contributed by atoms with van der Waals surface area (Å²) in [6, 6.07) is -0.160. The molecule has 0 bridgehead atoms. The number of carboxylic acid groups (broad SMARTS) is 1. The van der Waals surface area contributed by atoms with Crippen LogP contribution in [0.4, 0.5) is 0 Å². The van der Waals surface area contributed by atoms with Crippen LogP contribution in [0.3, 0.4) is 0 Å². The molecule has 0 aromatic heterocycles. The van der Waals surface area contributed by atoms with E-state index in [2.05, 4.69) is 5.32 Å². The zero-order chi connectivity index (χ0) is 9.84. The van der Waals surface area contributed by atoms with Crippen molar-refractivity contribution in [2.45, 2.75) is 19.4 Å². The van der Waals surface area contributed by atoms with Gasteiger partial charge in [0.2, 0.25) is 5.91 Å². The molecule has 0 spiro atoms. The Bertz CT molecular complexity index is 216. The Balaban J connectivity index is 2.41. The van der Waals surface area contributed by atoms with Gasteiger partial charge >= 0.3 is 5.97 Å². The van der Waals surface area contributed by atoms with Crippen LogP contribution in [0.25, 0.3) is 0 Å². The van der Waals surface area contributed by atoms with E-state index in [0.717, 1.165) is 0 Å². The maximum atomic E-state index is 10.7. The monoisotopic (exact) mass is 187 g/mol. The molecule has 13 heavy (non-hydrogen) atoms. The van der Waals surface area contributed by atoms with Crippen molar-refractivity contribution in [3.05, 3.63) is 0 Å². The second-order valence-electron chi connectivity index (χ2n) is 3.21. The molecule has 1 amide bonds. The Labute approximate surface area is 76.1 Å². The number of ether oxygens (including phenoxy) is 1. The standard InChI is InChI=1S/C8H13NO4/c1-5(10)9-7-2-6(8(11)12)3-13-4-7/h6-7H,2-4H2,1H3,(H,9,10)(H,11,12)/t6-,7+/m1/s1.